The Bertz CT molecular complexity index is 1410. The van der Waals surface area contributed by atoms with E-state index in [0.717, 1.165) is 33.4 Å². The van der Waals surface area contributed by atoms with Crippen LogP contribution in [0.5, 0.6) is 0 Å². The molecule has 0 saturated carbocycles. The van der Waals surface area contributed by atoms with Crippen LogP contribution >= 0.6 is 0 Å². The molecule has 1 aromatic heterocycles. The van der Waals surface area contributed by atoms with Gasteiger partial charge in [-0.25, -0.2) is 4.39 Å². The smallest absolute Gasteiger partial charge is 0.227 e. The molecule has 1 aliphatic heterocycles. The summed E-state index contributed by atoms with van der Waals surface area (Å²) < 4.78 is 13.2. The third kappa shape index (κ3) is 4.56. The predicted octanol–water partition coefficient (Wildman–Crippen LogP) is 4.59. The number of rotatable bonds is 4. The van der Waals surface area contributed by atoms with Crippen LogP contribution in [0.3, 0.4) is 0 Å². The van der Waals surface area contributed by atoms with Crippen molar-refractivity contribution >= 4 is 22.5 Å². The summed E-state index contributed by atoms with van der Waals surface area (Å²) in [6, 6.07) is 23.7. The third-order valence-electron chi connectivity index (χ3n) is 6.48. The number of benzene rings is 3. The predicted molar refractivity (Wildman–Crippen MR) is 133 cm³/mol. The van der Waals surface area contributed by atoms with E-state index in [1.165, 1.54) is 12.1 Å². The number of halogens is 1. The van der Waals surface area contributed by atoms with Gasteiger partial charge < -0.3 is 9.80 Å². The minimum absolute atomic E-state index is 0.0372. The number of aromatic nitrogens is 2. The molecule has 0 aliphatic carbocycles. The summed E-state index contributed by atoms with van der Waals surface area (Å²) in [4.78, 5) is 16.9. The highest BCUT2D eigenvalue weighted by Gasteiger charge is 2.29. The molecule has 35 heavy (non-hydrogen) atoms. The maximum Gasteiger partial charge on any atom is 0.227 e. The number of nitriles is 1. The number of nitrogens with zero attached hydrogens (tertiary/aromatic N) is 5. The van der Waals surface area contributed by atoms with Crippen LogP contribution in [0.2, 0.25) is 0 Å². The summed E-state index contributed by atoms with van der Waals surface area (Å²) in [6.45, 7) is 3.89. The van der Waals surface area contributed by atoms with Crippen molar-refractivity contribution in [1.82, 2.24) is 15.1 Å². The summed E-state index contributed by atoms with van der Waals surface area (Å²) in [5.41, 5.74) is 3.09. The van der Waals surface area contributed by atoms with Crippen molar-refractivity contribution < 1.29 is 9.18 Å². The second-order valence-corrected chi connectivity index (χ2v) is 8.79. The molecule has 1 atom stereocenters. The topological polar surface area (TPSA) is 73.1 Å². The van der Waals surface area contributed by atoms with Crippen molar-refractivity contribution in [2.75, 3.05) is 24.5 Å². The van der Waals surface area contributed by atoms with E-state index in [4.69, 9.17) is 5.26 Å². The van der Waals surface area contributed by atoms with E-state index in [1.807, 2.05) is 41.3 Å². The maximum absolute atomic E-state index is 13.2. The quantitative estimate of drug-likeness (QED) is 0.441. The number of hydrogen-bond acceptors (Lipinski definition) is 5. The second-order valence-electron chi connectivity index (χ2n) is 8.79. The molecule has 0 unspecified atom stereocenters. The molecule has 0 N–H and O–H groups in total. The molecule has 1 saturated heterocycles. The molecule has 2 heterocycles. The molecular formula is C28H24FN5O. The fourth-order valence-electron chi connectivity index (χ4n) is 4.61. The van der Waals surface area contributed by atoms with Gasteiger partial charge in [0.05, 0.1) is 18.1 Å². The van der Waals surface area contributed by atoms with E-state index in [0.29, 0.717) is 25.2 Å². The minimum Gasteiger partial charge on any atom is -0.348 e. The first-order valence-corrected chi connectivity index (χ1v) is 11.6. The molecule has 6 nitrogen and oxygen atoms in total. The van der Waals surface area contributed by atoms with Gasteiger partial charge in [0, 0.05) is 42.0 Å². The lowest BCUT2D eigenvalue weighted by molar-refractivity contribution is -0.131. The van der Waals surface area contributed by atoms with Crippen LogP contribution in [0.25, 0.3) is 22.0 Å². The molecule has 0 bridgehead atoms. The van der Waals surface area contributed by atoms with Crippen molar-refractivity contribution in [2.45, 2.75) is 19.4 Å². The van der Waals surface area contributed by atoms with Gasteiger partial charge in [-0.15, -0.1) is 10.2 Å². The first kappa shape index (κ1) is 22.5. The van der Waals surface area contributed by atoms with Gasteiger partial charge in [-0.1, -0.05) is 48.5 Å². The maximum atomic E-state index is 13.2. The lowest BCUT2D eigenvalue weighted by Gasteiger charge is -2.40. The number of carbonyl (C=O) groups is 1. The number of hydrogen-bond donors (Lipinski definition) is 0. The van der Waals surface area contributed by atoms with Crippen LogP contribution in [-0.4, -0.2) is 46.7 Å². The van der Waals surface area contributed by atoms with Crippen molar-refractivity contribution in [1.29, 1.82) is 5.26 Å². The summed E-state index contributed by atoms with van der Waals surface area (Å²) in [6.07, 6.45) is 0.259. The Labute approximate surface area is 203 Å². The van der Waals surface area contributed by atoms with Crippen LogP contribution < -0.4 is 4.90 Å². The molecule has 174 valence electrons. The number of fused-ring (bicyclic) bond motifs is 1. The Morgan fingerprint density at radius 2 is 1.71 bits per heavy atom. The lowest BCUT2D eigenvalue weighted by atomic mass is 10.0. The van der Waals surface area contributed by atoms with Crippen molar-refractivity contribution in [3.05, 3.63) is 89.7 Å². The summed E-state index contributed by atoms with van der Waals surface area (Å²) in [5.74, 6) is 0.535. The number of piperazine rings is 1. The molecule has 5 rings (SSSR count). The standard InChI is InChI=1S/C28H24FN5O/c1-19-18-33(26(35)16-20-8-12-23(29)13-9-20)14-15-34(19)28-25-5-3-2-4-24(25)27(31-32-28)22-10-6-21(17-30)7-11-22/h2-13,19H,14-16,18H2,1H3/t19-/m0/s1. The zero-order valence-corrected chi connectivity index (χ0v) is 19.4. The molecule has 3 aromatic carbocycles. The molecule has 0 radical (unpaired) electrons. The van der Waals surface area contributed by atoms with E-state index in [1.54, 1.807) is 24.3 Å². The molecule has 4 aromatic rings. The molecule has 1 fully saturated rings. The largest absolute Gasteiger partial charge is 0.348 e. The van der Waals surface area contributed by atoms with Crippen LogP contribution in [0, 0.1) is 17.1 Å². The molecule has 1 amide bonds. The second kappa shape index (κ2) is 9.51. The molecular weight excluding hydrogens is 441 g/mol. The van der Waals surface area contributed by atoms with E-state index in [2.05, 4.69) is 28.1 Å². The van der Waals surface area contributed by atoms with E-state index >= 15 is 0 Å². The summed E-state index contributed by atoms with van der Waals surface area (Å²) in [5, 5.41) is 20.3. The Morgan fingerprint density at radius 3 is 2.40 bits per heavy atom. The number of anilines is 1. The van der Waals surface area contributed by atoms with Crippen LogP contribution in [0.1, 0.15) is 18.1 Å². The van der Waals surface area contributed by atoms with Gasteiger partial charge in [-0.2, -0.15) is 5.26 Å². The number of amides is 1. The summed E-state index contributed by atoms with van der Waals surface area (Å²) in [7, 11) is 0. The molecule has 0 spiro atoms. The highest BCUT2D eigenvalue weighted by atomic mass is 19.1. The average Bonchev–Trinajstić information content (AvgIpc) is 2.89. The zero-order chi connectivity index (χ0) is 24.4. The Hall–Kier alpha value is -4.31. The normalized spacial score (nSPS) is 15.7. The minimum atomic E-state index is -0.304. The fraction of sp³-hybridized carbons (Fsp3) is 0.214. The lowest BCUT2D eigenvalue weighted by Crippen LogP contribution is -2.54. The van der Waals surface area contributed by atoms with Crippen molar-refractivity contribution in [3.63, 3.8) is 0 Å². The van der Waals surface area contributed by atoms with Crippen molar-refractivity contribution in [3.8, 4) is 17.3 Å². The Morgan fingerprint density at radius 1 is 1.00 bits per heavy atom. The third-order valence-corrected chi connectivity index (χ3v) is 6.48. The van der Waals surface area contributed by atoms with Gasteiger partial charge in [-0.3, -0.25) is 4.79 Å². The van der Waals surface area contributed by atoms with Gasteiger partial charge in [0.25, 0.3) is 0 Å². The Balaban J connectivity index is 1.38. The van der Waals surface area contributed by atoms with Crippen LogP contribution in [0.15, 0.2) is 72.8 Å². The highest BCUT2D eigenvalue weighted by molar-refractivity contribution is 6.00. The van der Waals surface area contributed by atoms with Crippen molar-refractivity contribution in [2.24, 2.45) is 0 Å². The van der Waals surface area contributed by atoms with E-state index in [-0.39, 0.29) is 24.2 Å². The fourth-order valence-corrected chi connectivity index (χ4v) is 4.61. The van der Waals surface area contributed by atoms with E-state index in [9.17, 15) is 9.18 Å². The summed E-state index contributed by atoms with van der Waals surface area (Å²) >= 11 is 0. The monoisotopic (exact) mass is 465 g/mol. The SMILES string of the molecule is C[C@H]1CN(C(=O)Cc2ccc(F)cc2)CCN1c1nnc(-c2ccc(C#N)cc2)c2ccccc12. The van der Waals surface area contributed by atoms with Gasteiger partial charge in [0.1, 0.15) is 11.5 Å². The van der Waals surface area contributed by atoms with Gasteiger partial charge in [-0.05, 0) is 36.8 Å². The van der Waals surface area contributed by atoms with Gasteiger partial charge in [0.15, 0.2) is 5.82 Å². The van der Waals surface area contributed by atoms with Crippen LogP contribution in [0.4, 0.5) is 10.2 Å². The first-order chi connectivity index (χ1) is 17.0. The van der Waals surface area contributed by atoms with E-state index < -0.39 is 0 Å². The van der Waals surface area contributed by atoms with Gasteiger partial charge >= 0.3 is 0 Å². The first-order valence-electron chi connectivity index (χ1n) is 11.6. The zero-order valence-electron chi connectivity index (χ0n) is 19.4. The number of carbonyl (C=O) groups excluding carboxylic acids is 1. The molecule has 7 heteroatoms. The highest BCUT2D eigenvalue weighted by Crippen LogP contribution is 2.33. The van der Waals surface area contributed by atoms with Crippen LogP contribution in [-0.2, 0) is 11.2 Å². The average molecular weight is 466 g/mol. The molecule has 1 aliphatic rings. The Kier molecular flexibility index (Phi) is 6.11. The van der Waals surface area contributed by atoms with Gasteiger partial charge in [0.2, 0.25) is 5.91 Å².